The van der Waals surface area contributed by atoms with Crippen LogP contribution >= 0.6 is 11.3 Å². The molecule has 0 saturated carbocycles. The van der Waals surface area contributed by atoms with Gasteiger partial charge in [0.15, 0.2) is 0 Å². The first kappa shape index (κ1) is 14.9. The molecule has 6 nitrogen and oxygen atoms in total. The van der Waals surface area contributed by atoms with Gasteiger partial charge in [0.2, 0.25) is 0 Å². The summed E-state index contributed by atoms with van der Waals surface area (Å²) in [6, 6.07) is 12.0. The highest BCUT2D eigenvalue weighted by atomic mass is 32.1. The minimum atomic E-state index is 0.733. The molecule has 0 aliphatic carbocycles. The normalized spacial score (nSPS) is 11.1. The summed E-state index contributed by atoms with van der Waals surface area (Å²) >= 11 is 1.63. The SMILES string of the molecule is c1cncc(-c2cc3c(Nc4ccc5scnc5c4)ncnc3cn2)c1. The van der Waals surface area contributed by atoms with E-state index in [1.807, 2.05) is 35.8 Å². The van der Waals surface area contributed by atoms with Crippen molar-refractivity contribution in [1.29, 1.82) is 0 Å². The van der Waals surface area contributed by atoms with Gasteiger partial charge in [0.25, 0.3) is 0 Å². The average molecular weight is 356 g/mol. The second-order valence-electron chi connectivity index (χ2n) is 5.71. The number of rotatable bonds is 3. The maximum Gasteiger partial charge on any atom is 0.141 e. The molecular formula is C19H12N6S. The molecule has 0 saturated heterocycles. The van der Waals surface area contributed by atoms with Gasteiger partial charge >= 0.3 is 0 Å². The number of aromatic nitrogens is 5. The van der Waals surface area contributed by atoms with Gasteiger partial charge in [-0.3, -0.25) is 9.97 Å². The van der Waals surface area contributed by atoms with Gasteiger partial charge in [-0.1, -0.05) is 0 Å². The lowest BCUT2D eigenvalue weighted by Crippen LogP contribution is -1.97. The van der Waals surface area contributed by atoms with Crippen molar-refractivity contribution in [3.63, 3.8) is 0 Å². The molecule has 5 rings (SSSR count). The fourth-order valence-corrected chi connectivity index (χ4v) is 3.46. The molecule has 0 unspecified atom stereocenters. The Kier molecular flexibility index (Phi) is 3.50. The van der Waals surface area contributed by atoms with Crippen LogP contribution in [-0.4, -0.2) is 24.9 Å². The maximum absolute atomic E-state index is 4.49. The van der Waals surface area contributed by atoms with Gasteiger partial charge in [0.1, 0.15) is 12.1 Å². The number of pyridine rings is 2. The van der Waals surface area contributed by atoms with E-state index in [1.165, 1.54) is 6.33 Å². The zero-order valence-electron chi connectivity index (χ0n) is 13.5. The third-order valence-corrected chi connectivity index (χ3v) is 4.88. The zero-order chi connectivity index (χ0) is 17.3. The Bertz CT molecular complexity index is 1220. The fraction of sp³-hybridized carbons (Fsp3) is 0. The number of thiazole rings is 1. The number of nitrogens with one attached hydrogen (secondary N) is 1. The third kappa shape index (κ3) is 2.64. The van der Waals surface area contributed by atoms with Gasteiger partial charge in [0, 0.05) is 29.0 Å². The number of benzene rings is 1. The Labute approximate surface area is 152 Å². The molecule has 7 heteroatoms. The van der Waals surface area contributed by atoms with E-state index in [-0.39, 0.29) is 0 Å². The lowest BCUT2D eigenvalue weighted by molar-refractivity contribution is 1.20. The predicted octanol–water partition coefficient (Wildman–Crippen LogP) is 4.44. The number of anilines is 2. The zero-order valence-corrected chi connectivity index (χ0v) is 14.3. The molecule has 5 aromatic rings. The standard InChI is InChI=1S/C19H12N6S/c1-2-12(8-20-5-1)15-7-14-17(9-21-15)22-10-23-19(14)25-13-3-4-18-16(6-13)24-11-26-18/h1-11H,(H,22,23,25). The quantitative estimate of drug-likeness (QED) is 0.515. The summed E-state index contributed by atoms with van der Waals surface area (Å²) in [6.45, 7) is 0. The summed E-state index contributed by atoms with van der Waals surface area (Å²) in [5, 5.41) is 4.28. The molecule has 0 aliphatic rings. The van der Waals surface area contributed by atoms with Gasteiger partial charge in [-0.15, -0.1) is 11.3 Å². The first-order chi connectivity index (χ1) is 12.9. The minimum Gasteiger partial charge on any atom is -0.340 e. The summed E-state index contributed by atoms with van der Waals surface area (Å²) in [5.74, 6) is 0.733. The number of hydrogen-bond acceptors (Lipinski definition) is 7. The molecule has 1 N–H and O–H groups in total. The molecule has 0 bridgehead atoms. The first-order valence-corrected chi connectivity index (χ1v) is 8.86. The van der Waals surface area contributed by atoms with E-state index in [1.54, 1.807) is 29.9 Å². The monoisotopic (exact) mass is 356 g/mol. The second kappa shape index (κ2) is 6.12. The molecule has 0 amide bonds. The highest BCUT2D eigenvalue weighted by Crippen LogP contribution is 2.28. The average Bonchev–Trinajstić information content (AvgIpc) is 3.16. The van der Waals surface area contributed by atoms with Crippen molar-refractivity contribution in [3.05, 3.63) is 66.8 Å². The highest BCUT2D eigenvalue weighted by molar-refractivity contribution is 7.16. The van der Waals surface area contributed by atoms with Crippen molar-refractivity contribution in [2.75, 3.05) is 5.32 Å². The van der Waals surface area contributed by atoms with E-state index in [0.717, 1.165) is 43.9 Å². The predicted molar refractivity (Wildman–Crippen MR) is 103 cm³/mol. The van der Waals surface area contributed by atoms with Crippen molar-refractivity contribution in [2.24, 2.45) is 0 Å². The molecule has 26 heavy (non-hydrogen) atoms. The number of hydrogen-bond donors (Lipinski definition) is 1. The van der Waals surface area contributed by atoms with Crippen molar-refractivity contribution in [2.45, 2.75) is 0 Å². The molecule has 1 aromatic carbocycles. The summed E-state index contributed by atoms with van der Waals surface area (Å²) < 4.78 is 1.16. The van der Waals surface area contributed by atoms with Gasteiger partial charge in [-0.25, -0.2) is 15.0 Å². The van der Waals surface area contributed by atoms with Crippen molar-refractivity contribution in [3.8, 4) is 11.3 Å². The topological polar surface area (TPSA) is 76.5 Å². The van der Waals surface area contributed by atoms with Crippen LogP contribution in [0.1, 0.15) is 0 Å². The smallest absolute Gasteiger partial charge is 0.141 e. The Morgan fingerprint density at radius 3 is 2.81 bits per heavy atom. The van der Waals surface area contributed by atoms with Crippen LogP contribution in [0, 0.1) is 0 Å². The lowest BCUT2D eigenvalue weighted by atomic mass is 10.1. The van der Waals surface area contributed by atoms with E-state index in [0.29, 0.717) is 0 Å². The van der Waals surface area contributed by atoms with E-state index in [4.69, 9.17) is 0 Å². The Balaban J connectivity index is 1.60. The van der Waals surface area contributed by atoms with Crippen LogP contribution in [0.15, 0.2) is 66.8 Å². The van der Waals surface area contributed by atoms with Crippen LogP contribution in [-0.2, 0) is 0 Å². The van der Waals surface area contributed by atoms with E-state index >= 15 is 0 Å². The van der Waals surface area contributed by atoms with Gasteiger partial charge < -0.3 is 5.32 Å². The maximum atomic E-state index is 4.49. The van der Waals surface area contributed by atoms with Gasteiger partial charge in [-0.2, -0.15) is 0 Å². The fourth-order valence-electron chi connectivity index (χ4n) is 2.80. The van der Waals surface area contributed by atoms with Crippen molar-refractivity contribution < 1.29 is 0 Å². The summed E-state index contributed by atoms with van der Waals surface area (Å²) in [4.78, 5) is 21.8. The highest BCUT2D eigenvalue weighted by Gasteiger charge is 2.08. The summed E-state index contributed by atoms with van der Waals surface area (Å²) in [5.41, 5.74) is 6.32. The van der Waals surface area contributed by atoms with E-state index in [9.17, 15) is 0 Å². The van der Waals surface area contributed by atoms with Crippen LogP contribution in [0.25, 0.3) is 32.4 Å². The molecule has 4 aromatic heterocycles. The number of fused-ring (bicyclic) bond motifs is 2. The van der Waals surface area contributed by atoms with Gasteiger partial charge in [-0.05, 0) is 36.4 Å². The molecule has 0 aliphatic heterocycles. The third-order valence-electron chi connectivity index (χ3n) is 4.07. The summed E-state index contributed by atoms with van der Waals surface area (Å²) in [7, 11) is 0. The minimum absolute atomic E-state index is 0.733. The molecular weight excluding hydrogens is 344 g/mol. The Morgan fingerprint density at radius 2 is 1.88 bits per heavy atom. The molecule has 0 fully saturated rings. The van der Waals surface area contributed by atoms with Crippen molar-refractivity contribution >= 4 is 44.0 Å². The number of nitrogens with zero attached hydrogens (tertiary/aromatic N) is 5. The molecule has 0 atom stereocenters. The van der Waals surface area contributed by atoms with Gasteiger partial charge in [0.05, 0.1) is 33.1 Å². The van der Waals surface area contributed by atoms with Crippen LogP contribution < -0.4 is 5.32 Å². The molecule has 0 radical (unpaired) electrons. The Morgan fingerprint density at radius 1 is 0.885 bits per heavy atom. The second-order valence-corrected chi connectivity index (χ2v) is 6.60. The van der Waals surface area contributed by atoms with Crippen LogP contribution in [0.3, 0.4) is 0 Å². The van der Waals surface area contributed by atoms with Crippen LogP contribution in [0.4, 0.5) is 11.5 Å². The largest absolute Gasteiger partial charge is 0.340 e. The molecule has 0 spiro atoms. The van der Waals surface area contributed by atoms with Crippen molar-refractivity contribution in [1.82, 2.24) is 24.9 Å². The molecule has 124 valence electrons. The first-order valence-electron chi connectivity index (χ1n) is 7.98. The van der Waals surface area contributed by atoms with Crippen LogP contribution in [0.2, 0.25) is 0 Å². The molecule has 4 heterocycles. The Hall–Kier alpha value is -3.45. The summed E-state index contributed by atoms with van der Waals surface area (Å²) in [6.07, 6.45) is 6.84. The lowest BCUT2D eigenvalue weighted by Gasteiger charge is -2.09. The van der Waals surface area contributed by atoms with E-state index < -0.39 is 0 Å². The van der Waals surface area contributed by atoms with E-state index in [2.05, 4.69) is 36.3 Å². The van der Waals surface area contributed by atoms with Crippen LogP contribution in [0.5, 0.6) is 0 Å².